The quantitative estimate of drug-likeness (QED) is 0.873. The average molecular weight is 305 g/mol. The third-order valence-corrected chi connectivity index (χ3v) is 3.25. The van der Waals surface area contributed by atoms with Crippen LogP contribution in [0.5, 0.6) is 0 Å². The average Bonchev–Trinajstić information content (AvgIpc) is 2.44. The van der Waals surface area contributed by atoms with Crippen molar-refractivity contribution in [2.24, 2.45) is 0 Å². The van der Waals surface area contributed by atoms with E-state index in [0.29, 0.717) is 23.3 Å². The Balaban J connectivity index is 2.39. The molecule has 0 unspecified atom stereocenters. The van der Waals surface area contributed by atoms with Gasteiger partial charge in [0.1, 0.15) is 0 Å². The summed E-state index contributed by atoms with van der Waals surface area (Å²) < 4.78 is 51.0. The van der Waals surface area contributed by atoms with Crippen molar-refractivity contribution < 1.29 is 32.3 Å². The Morgan fingerprint density at radius 1 is 1.29 bits per heavy atom. The molecule has 0 radical (unpaired) electrons. The normalized spacial score (nSPS) is 15.0. The van der Waals surface area contributed by atoms with Crippen LogP contribution in [0.25, 0.3) is 0 Å². The highest BCUT2D eigenvalue weighted by molar-refractivity contribution is 6.00. The molecule has 1 amide bonds. The number of hydrogen-bond donors (Lipinski definition) is 1. The molecule has 1 N–H and O–H groups in total. The van der Waals surface area contributed by atoms with Crippen molar-refractivity contribution >= 4 is 17.6 Å². The van der Waals surface area contributed by atoms with Crippen LogP contribution >= 0.6 is 0 Å². The molecule has 0 bridgehead atoms. The minimum atomic E-state index is -4.76. The number of fused-ring (bicyclic) bond motifs is 1. The molecule has 8 heteroatoms. The monoisotopic (exact) mass is 305 g/mol. The molecular weight excluding hydrogens is 294 g/mol. The van der Waals surface area contributed by atoms with Crippen molar-refractivity contribution in [1.82, 2.24) is 0 Å². The van der Waals surface area contributed by atoms with Crippen molar-refractivity contribution in [3.8, 4) is 0 Å². The van der Waals surface area contributed by atoms with E-state index in [4.69, 9.17) is 5.11 Å². The van der Waals surface area contributed by atoms with Crippen molar-refractivity contribution in [2.45, 2.75) is 25.2 Å². The molecule has 0 fully saturated rings. The van der Waals surface area contributed by atoms with E-state index in [-0.39, 0.29) is 17.8 Å². The van der Waals surface area contributed by atoms with Gasteiger partial charge in [-0.3, -0.25) is 4.79 Å². The second-order valence-electron chi connectivity index (χ2n) is 4.63. The zero-order chi connectivity index (χ0) is 15.8. The fourth-order valence-electron chi connectivity index (χ4n) is 2.21. The van der Waals surface area contributed by atoms with E-state index in [1.54, 1.807) is 0 Å². The third kappa shape index (κ3) is 2.70. The summed E-state index contributed by atoms with van der Waals surface area (Å²) in [4.78, 5) is 23.1. The van der Waals surface area contributed by atoms with Gasteiger partial charge in [0.25, 0.3) is 0 Å². The number of carboxylic acid groups (broad SMARTS) is 1. The van der Waals surface area contributed by atoms with E-state index in [9.17, 15) is 27.2 Å². The molecule has 1 heterocycles. The number of carbonyl (C=O) groups excluding carboxylic acids is 1. The number of rotatable bonds is 3. The molecule has 0 saturated carbocycles. The Bertz CT molecular complexity index is 589. The van der Waals surface area contributed by atoms with Gasteiger partial charge in [-0.25, -0.2) is 13.6 Å². The highest BCUT2D eigenvalue weighted by Gasteiger charge is 2.51. The molecule has 0 aliphatic carbocycles. The van der Waals surface area contributed by atoms with Crippen LogP contribution in [0.4, 0.5) is 23.2 Å². The third-order valence-electron chi connectivity index (χ3n) is 3.25. The zero-order valence-electron chi connectivity index (χ0n) is 10.7. The number of aromatic carboxylic acids is 1. The summed E-state index contributed by atoms with van der Waals surface area (Å²) >= 11 is 0. The number of alkyl halides is 4. The van der Waals surface area contributed by atoms with Crippen LogP contribution in [-0.2, 0) is 11.2 Å². The maximum absolute atomic E-state index is 13.2. The summed E-state index contributed by atoms with van der Waals surface area (Å²) in [5.41, 5.74) is 0.375. The number of aryl methyl sites for hydroxylation is 1. The summed E-state index contributed by atoms with van der Waals surface area (Å²) in [6.45, 7) is -0.111. The number of halogens is 4. The molecule has 1 aromatic rings. The van der Waals surface area contributed by atoms with Crippen LogP contribution in [-0.4, -0.2) is 35.9 Å². The fraction of sp³-hybridized carbons (Fsp3) is 0.385. The van der Waals surface area contributed by atoms with Crippen molar-refractivity contribution in [3.63, 3.8) is 0 Å². The van der Waals surface area contributed by atoms with Gasteiger partial charge in [-0.05, 0) is 36.6 Å². The molecular formula is C13H11F4NO3. The topological polar surface area (TPSA) is 57.6 Å². The van der Waals surface area contributed by atoms with Gasteiger partial charge in [0.05, 0.1) is 5.56 Å². The van der Waals surface area contributed by atoms with Gasteiger partial charge in [-0.15, -0.1) is 0 Å². The van der Waals surface area contributed by atoms with E-state index in [1.807, 2.05) is 0 Å². The first-order valence-corrected chi connectivity index (χ1v) is 6.09. The number of anilines is 1. The second kappa shape index (κ2) is 5.34. The molecule has 0 spiro atoms. The number of carboxylic acids is 1. The van der Waals surface area contributed by atoms with Gasteiger partial charge >= 0.3 is 24.2 Å². The van der Waals surface area contributed by atoms with Gasteiger partial charge in [0.2, 0.25) is 0 Å². The number of nitrogens with zero attached hydrogens (tertiary/aromatic N) is 1. The number of benzene rings is 1. The van der Waals surface area contributed by atoms with Crippen LogP contribution in [0.15, 0.2) is 18.2 Å². The predicted octanol–water partition coefficient (Wildman–Crippen LogP) is 2.56. The fourth-order valence-corrected chi connectivity index (χ4v) is 2.21. The summed E-state index contributed by atoms with van der Waals surface area (Å²) in [6.07, 6.45) is -3.41. The van der Waals surface area contributed by atoms with Crippen LogP contribution in [0.1, 0.15) is 22.3 Å². The smallest absolute Gasteiger partial charge is 0.384 e. The lowest BCUT2D eigenvalue weighted by atomic mass is 9.98. The number of carbonyl (C=O) groups is 2. The predicted molar refractivity (Wildman–Crippen MR) is 65.0 cm³/mol. The first-order chi connectivity index (χ1) is 9.75. The largest absolute Gasteiger partial charge is 0.478 e. The van der Waals surface area contributed by atoms with Gasteiger partial charge in [-0.2, -0.15) is 8.78 Å². The molecule has 21 heavy (non-hydrogen) atoms. The van der Waals surface area contributed by atoms with Crippen LogP contribution in [0.3, 0.4) is 0 Å². The first kappa shape index (κ1) is 15.3. The van der Waals surface area contributed by atoms with Crippen LogP contribution < -0.4 is 4.90 Å². The second-order valence-corrected chi connectivity index (χ2v) is 4.63. The maximum atomic E-state index is 13.2. The Labute approximate surface area is 117 Å². The Morgan fingerprint density at radius 3 is 2.52 bits per heavy atom. The number of hydrogen-bond acceptors (Lipinski definition) is 2. The Hall–Kier alpha value is -2.12. The SMILES string of the molecule is O=C(O)c1ccc2c(c1)CCCN2C(=O)C(F)(F)C(F)F. The Morgan fingerprint density at radius 2 is 1.95 bits per heavy atom. The highest BCUT2D eigenvalue weighted by atomic mass is 19.3. The highest BCUT2D eigenvalue weighted by Crippen LogP contribution is 2.33. The first-order valence-electron chi connectivity index (χ1n) is 6.09. The molecule has 0 atom stereocenters. The Kier molecular flexibility index (Phi) is 3.89. The standard InChI is InChI=1S/C13H11F4NO3/c14-11(15)13(16,17)12(21)18-5-1-2-7-6-8(10(19)20)3-4-9(7)18/h3-4,6,11H,1-2,5H2,(H,19,20). The summed E-state index contributed by atoms with van der Waals surface area (Å²) in [5.74, 6) is -7.93. The van der Waals surface area contributed by atoms with E-state index in [1.165, 1.54) is 12.1 Å². The van der Waals surface area contributed by atoms with E-state index >= 15 is 0 Å². The lowest BCUT2D eigenvalue weighted by Gasteiger charge is -2.32. The van der Waals surface area contributed by atoms with Crippen LogP contribution in [0, 0.1) is 0 Å². The molecule has 0 saturated heterocycles. The maximum Gasteiger partial charge on any atom is 0.384 e. The summed E-state index contributed by atoms with van der Waals surface area (Å²) in [5, 5.41) is 8.86. The molecule has 1 aliphatic rings. The zero-order valence-corrected chi connectivity index (χ0v) is 10.7. The van der Waals surface area contributed by atoms with Crippen molar-refractivity contribution in [2.75, 3.05) is 11.4 Å². The van der Waals surface area contributed by atoms with Crippen molar-refractivity contribution in [3.05, 3.63) is 29.3 Å². The van der Waals surface area contributed by atoms with Gasteiger partial charge in [0.15, 0.2) is 0 Å². The van der Waals surface area contributed by atoms with E-state index in [0.717, 1.165) is 6.07 Å². The van der Waals surface area contributed by atoms with Gasteiger partial charge < -0.3 is 10.0 Å². The molecule has 1 aromatic carbocycles. The van der Waals surface area contributed by atoms with Gasteiger partial charge in [-0.1, -0.05) is 0 Å². The van der Waals surface area contributed by atoms with E-state index < -0.39 is 24.2 Å². The minimum absolute atomic E-state index is 0.0522. The molecule has 1 aliphatic heterocycles. The molecule has 4 nitrogen and oxygen atoms in total. The number of amides is 1. The summed E-state index contributed by atoms with van der Waals surface area (Å²) in [7, 11) is 0. The van der Waals surface area contributed by atoms with Crippen LogP contribution in [0.2, 0.25) is 0 Å². The lowest BCUT2D eigenvalue weighted by Crippen LogP contribution is -2.49. The molecule has 114 valence electrons. The van der Waals surface area contributed by atoms with Gasteiger partial charge in [0, 0.05) is 12.2 Å². The van der Waals surface area contributed by atoms with Crippen molar-refractivity contribution in [1.29, 1.82) is 0 Å². The molecule has 2 rings (SSSR count). The van der Waals surface area contributed by atoms with E-state index in [2.05, 4.69) is 0 Å². The lowest BCUT2D eigenvalue weighted by molar-refractivity contribution is -0.166. The summed E-state index contributed by atoms with van der Waals surface area (Å²) in [6, 6.07) is 3.60. The molecule has 0 aromatic heterocycles. The minimum Gasteiger partial charge on any atom is -0.478 e.